The Kier molecular flexibility index (Phi) is 16.3. The van der Waals surface area contributed by atoms with Gasteiger partial charge in [-0.25, -0.2) is 4.79 Å². The topological polar surface area (TPSA) is 26.3 Å². The molecule has 0 amide bonds. The van der Waals surface area contributed by atoms with Gasteiger partial charge in [0.15, 0.2) is 0 Å². The van der Waals surface area contributed by atoms with Crippen LogP contribution in [0.25, 0.3) is 0 Å². The van der Waals surface area contributed by atoms with Gasteiger partial charge in [0.25, 0.3) is 0 Å². The molecule has 0 fully saturated rings. The molecule has 3 atom stereocenters. The van der Waals surface area contributed by atoms with Crippen LogP contribution in [0, 0.1) is 17.8 Å². The number of esters is 1. The smallest absolute Gasteiger partial charge is 0.338 e. The van der Waals surface area contributed by atoms with Gasteiger partial charge in [-0.3, -0.25) is 0 Å². The summed E-state index contributed by atoms with van der Waals surface area (Å²) in [5, 5.41) is 0. The summed E-state index contributed by atoms with van der Waals surface area (Å²) in [7, 11) is 0. The third-order valence-electron chi connectivity index (χ3n) is 7.50. The van der Waals surface area contributed by atoms with E-state index in [4.69, 9.17) is 4.74 Å². The Bertz CT molecular complexity index is 636. The molecule has 0 saturated heterocycles. The van der Waals surface area contributed by atoms with Gasteiger partial charge < -0.3 is 4.74 Å². The average molecular weight is 459 g/mol. The van der Waals surface area contributed by atoms with E-state index in [2.05, 4.69) is 59.7 Å². The first-order valence-corrected chi connectivity index (χ1v) is 14.3. The summed E-state index contributed by atoms with van der Waals surface area (Å²) in [6.07, 6.45) is 16.8. The number of hydrogen-bond acceptors (Lipinski definition) is 2. The van der Waals surface area contributed by atoms with Crippen molar-refractivity contribution in [1.82, 2.24) is 0 Å². The van der Waals surface area contributed by atoms with E-state index in [0.29, 0.717) is 18.4 Å². The van der Waals surface area contributed by atoms with E-state index in [1.165, 1.54) is 75.3 Å². The van der Waals surface area contributed by atoms with Crippen LogP contribution in [0.3, 0.4) is 0 Å². The molecule has 0 heterocycles. The number of ether oxygens (including phenoxy) is 1. The Morgan fingerprint density at radius 2 is 1.24 bits per heavy atom. The van der Waals surface area contributed by atoms with Crippen LogP contribution >= 0.6 is 0 Å². The van der Waals surface area contributed by atoms with E-state index in [1.807, 2.05) is 0 Å². The van der Waals surface area contributed by atoms with Crippen molar-refractivity contribution in [3.8, 4) is 0 Å². The standard InChI is InChI=1S/C31H54O2/c1-7-13-16-25(10-4)21-28-19-20-30(29(23-28)22-26(11-5)17-14-8-2)31(32)33-24-27(12-6)18-15-9-3/h19-20,23,25-27H,7-18,21-22,24H2,1-6H3. The molecule has 0 aliphatic heterocycles. The van der Waals surface area contributed by atoms with Crippen LogP contribution in [0.5, 0.6) is 0 Å². The molecule has 2 heteroatoms. The number of hydrogen-bond donors (Lipinski definition) is 0. The number of carbonyl (C=O) groups excluding carboxylic acids is 1. The van der Waals surface area contributed by atoms with Crippen LogP contribution in [-0.4, -0.2) is 12.6 Å². The van der Waals surface area contributed by atoms with Gasteiger partial charge in [0.05, 0.1) is 12.2 Å². The maximum atomic E-state index is 13.2. The highest BCUT2D eigenvalue weighted by atomic mass is 16.5. The molecule has 190 valence electrons. The first-order chi connectivity index (χ1) is 16.0. The van der Waals surface area contributed by atoms with Gasteiger partial charge in [0.1, 0.15) is 0 Å². The second kappa shape index (κ2) is 18.1. The highest BCUT2D eigenvalue weighted by molar-refractivity contribution is 5.91. The fraction of sp³-hybridized carbons (Fsp3) is 0.774. The number of unbranched alkanes of at least 4 members (excludes halogenated alkanes) is 3. The van der Waals surface area contributed by atoms with E-state index in [9.17, 15) is 4.79 Å². The average Bonchev–Trinajstić information content (AvgIpc) is 2.84. The molecular weight excluding hydrogens is 404 g/mol. The summed E-state index contributed by atoms with van der Waals surface area (Å²) in [5.41, 5.74) is 3.41. The minimum absolute atomic E-state index is 0.116. The summed E-state index contributed by atoms with van der Waals surface area (Å²) in [4.78, 5) is 13.2. The monoisotopic (exact) mass is 458 g/mol. The number of carbonyl (C=O) groups is 1. The highest BCUT2D eigenvalue weighted by Crippen LogP contribution is 2.26. The first kappa shape index (κ1) is 29.7. The zero-order chi connectivity index (χ0) is 24.5. The van der Waals surface area contributed by atoms with Gasteiger partial charge in [-0.2, -0.15) is 0 Å². The molecule has 3 unspecified atom stereocenters. The maximum absolute atomic E-state index is 13.2. The van der Waals surface area contributed by atoms with Gasteiger partial charge >= 0.3 is 5.97 Å². The zero-order valence-electron chi connectivity index (χ0n) is 22.9. The van der Waals surface area contributed by atoms with Gasteiger partial charge in [0, 0.05) is 0 Å². The molecule has 0 bridgehead atoms. The first-order valence-electron chi connectivity index (χ1n) is 14.3. The molecule has 1 aromatic carbocycles. The van der Waals surface area contributed by atoms with E-state index in [1.54, 1.807) is 0 Å². The van der Waals surface area contributed by atoms with E-state index in [0.717, 1.165) is 37.2 Å². The van der Waals surface area contributed by atoms with E-state index in [-0.39, 0.29) is 5.97 Å². The third-order valence-corrected chi connectivity index (χ3v) is 7.50. The van der Waals surface area contributed by atoms with Crippen molar-refractivity contribution in [2.75, 3.05) is 6.61 Å². The van der Waals surface area contributed by atoms with Crippen molar-refractivity contribution in [1.29, 1.82) is 0 Å². The lowest BCUT2D eigenvalue weighted by Crippen LogP contribution is -2.17. The van der Waals surface area contributed by atoms with Gasteiger partial charge in [-0.1, -0.05) is 124 Å². The molecule has 1 rings (SSSR count). The molecule has 0 radical (unpaired) electrons. The van der Waals surface area contributed by atoms with Crippen LogP contribution in [0.15, 0.2) is 18.2 Å². The predicted octanol–water partition coefficient (Wildman–Crippen LogP) is 9.58. The Balaban J connectivity index is 3.03. The Morgan fingerprint density at radius 3 is 1.76 bits per heavy atom. The van der Waals surface area contributed by atoms with Crippen LogP contribution < -0.4 is 0 Å². The largest absolute Gasteiger partial charge is 0.462 e. The summed E-state index contributed by atoms with van der Waals surface area (Å²) >= 11 is 0. The molecule has 0 N–H and O–H groups in total. The molecule has 0 aliphatic carbocycles. The van der Waals surface area contributed by atoms with Crippen LogP contribution in [0.4, 0.5) is 0 Å². The lowest BCUT2D eigenvalue weighted by atomic mass is 9.86. The lowest BCUT2D eigenvalue weighted by molar-refractivity contribution is 0.0426. The number of benzene rings is 1. The SMILES string of the molecule is CCCCC(CC)COC(=O)c1ccc(CC(CC)CCCC)cc1CC(CC)CCCC. The van der Waals surface area contributed by atoms with Crippen molar-refractivity contribution >= 4 is 5.97 Å². The predicted molar refractivity (Wildman–Crippen MR) is 144 cm³/mol. The Morgan fingerprint density at radius 1 is 0.727 bits per heavy atom. The minimum atomic E-state index is -0.116. The summed E-state index contributed by atoms with van der Waals surface area (Å²) < 4.78 is 5.87. The second-order valence-electron chi connectivity index (χ2n) is 10.2. The van der Waals surface area contributed by atoms with Crippen molar-refractivity contribution in [2.45, 2.75) is 131 Å². The van der Waals surface area contributed by atoms with Crippen molar-refractivity contribution < 1.29 is 9.53 Å². The summed E-state index contributed by atoms with van der Waals surface area (Å²) in [6.45, 7) is 14.1. The van der Waals surface area contributed by atoms with Crippen molar-refractivity contribution in [2.24, 2.45) is 17.8 Å². The van der Waals surface area contributed by atoms with Gasteiger partial charge in [0.2, 0.25) is 0 Å². The molecule has 2 nitrogen and oxygen atoms in total. The fourth-order valence-electron chi connectivity index (χ4n) is 4.84. The number of rotatable bonds is 19. The third kappa shape index (κ3) is 11.6. The van der Waals surface area contributed by atoms with Crippen molar-refractivity contribution in [3.63, 3.8) is 0 Å². The minimum Gasteiger partial charge on any atom is -0.462 e. The lowest BCUT2D eigenvalue weighted by Gasteiger charge is -2.20. The molecule has 0 spiro atoms. The van der Waals surface area contributed by atoms with Crippen LogP contribution in [0.1, 0.15) is 140 Å². The molecule has 0 saturated carbocycles. The molecule has 1 aromatic rings. The Hall–Kier alpha value is -1.31. The van der Waals surface area contributed by atoms with Crippen LogP contribution in [0.2, 0.25) is 0 Å². The van der Waals surface area contributed by atoms with Gasteiger partial charge in [-0.05, 0) is 54.2 Å². The second-order valence-corrected chi connectivity index (χ2v) is 10.2. The summed E-state index contributed by atoms with van der Waals surface area (Å²) in [6, 6.07) is 6.60. The zero-order valence-corrected chi connectivity index (χ0v) is 22.9. The molecule has 33 heavy (non-hydrogen) atoms. The molecule has 0 aliphatic rings. The fourth-order valence-corrected chi connectivity index (χ4v) is 4.84. The van der Waals surface area contributed by atoms with Gasteiger partial charge in [-0.15, -0.1) is 0 Å². The highest BCUT2D eigenvalue weighted by Gasteiger charge is 2.19. The molecule has 0 aromatic heterocycles. The van der Waals surface area contributed by atoms with Crippen molar-refractivity contribution in [3.05, 3.63) is 34.9 Å². The van der Waals surface area contributed by atoms with E-state index >= 15 is 0 Å². The Labute approximate surface area is 206 Å². The maximum Gasteiger partial charge on any atom is 0.338 e. The summed E-state index contributed by atoms with van der Waals surface area (Å²) in [5.74, 6) is 1.74. The molecular formula is C31H54O2. The quantitative estimate of drug-likeness (QED) is 0.193. The normalized spacial score (nSPS) is 14.1. The van der Waals surface area contributed by atoms with Crippen LogP contribution in [-0.2, 0) is 17.6 Å². The van der Waals surface area contributed by atoms with E-state index < -0.39 is 0 Å².